The van der Waals surface area contributed by atoms with Gasteiger partial charge in [-0.15, -0.1) is 0 Å². The normalized spacial score (nSPS) is 20.8. The fourth-order valence-corrected chi connectivity index (χ4v) is 4.69. The van der Waals surface area contributed by atoms with Crippen LogP contribution in [0.2, 0.25) is 0 Å². The van der Waals surface area contributed by atoms with Gasteiger partial charge in [0, 0.05) is 31.0 Å². The van der Waals surface area contributed by atoms with E-state index >= 15 is 0 Å². The summed E-state index contributed by atoms with van der Waals surface area (Å²) in [5, 5.41) is 0. The first kappa shape index (κ1) is 17.4. The van der Waals surface area contributed by atoms with Gasteiger partial charge in [0.25, 0.3) is 5.91 Å². The van der Waals surface area contributed by atoms with E-state index in [0.29, 0.717) is 37.4 Å². The second-order valence-electron chi connectivity index (χ2n) is 7.28. The molecule has 1 amide bonds. The van der Waals surface area contributed by atoms with Crippen LogP contribution in [0, 0.1) is 12.8 Å². The number of sulfonamides is 1. The smallest absolute Gasteiger partial charge is 0.255 e. The van der Waals surface area contributed by atoms with Crippen molar-refractivity contribution in [1.82, 2.24) is 14.6 Å². The van der Waals surface area contributed by atoms with E-state index in [1.54, 1.807) is 12.4 Å². The number of pyridine rings is 1. The second-order valence-corrected chi connectivity index (χ2v) is 9.03. The lowest BCUT2D eigenvalue weighted by Gasteiger charge is -2.42. The first-order chi connectivity index (χ1) is 11.3. The predicted molar refractivity (Wildman–Crippen MR) is 92.2 cm³/mol. The Morgan fingerprint density at radius 2 is 2.04 bits per heavy atom. The van der Waals surface area contributed by atoms with Crippen molar-refractivity contribution in [3.05, 3.63) is 29.6 Å². The van der Waals surface area contributed by atoms with E-state index in [1.165, 1.54) is 19.1 Å². The molecule has 1 aromatic heterocycles. The van der Waals surface area contributed by atoms with Gasteiger partial charge in [0.15, 0.2) is 0 Å². The molecule has 1 aliphatic heterocycles. The van der Waals surface area contributed by atoms with Crippen LogP contribution in [0.25, 0.3) is 0 Å². The maximum Gasteiger partial charge on any atom is 0.255 e. The molecule has 1 aromatic rings. The van der Waals surface area contributed by atoms with Crippen LogP contribution < -0.4 is 4.72 Å². The minimum atomic E-state index is -3.26. The second kappa shape index (κ2) is 6.44. The number of amides is 1. The van der Waals surface area contributed by atoms with Gasteiger partial charge in [-0.3, -0.25) is 9.78 Å². The molecule has 0 unspecified atom stereocenters. The minimum Gasteiger partial charge on any atom is -0.338 e. The number of carbonyl (C=O) groups is 1. The van der Waals surface area contributed by atoms with E-state index in [1.807, 2.05) is 17.9 Å². The molecule has 0 bridgehead atoms. The summed E-state index contributed by atoms with van der Waals surface area (Å²) < 4.78 is 26.5. The Morgan fingerprint density at radius 3 is 2.58 bits per heavy atom. The zero-order valence-corrected chi connectivity index (χ0v) is 15.1. The van der Waals surface area contributed by atoms with Gasteiger partial charge in [0.2, 0.25) is 10.0 Å². The topological polar surface area (TPSA) is 79.4 Å². The number of nitrogens with one attached hydrogen (secondary N) is 1. The molecule has 0 atom stereocenters. The van der Waals surface area contributed by atoms with Crippen LogP contribution in [-0.2, 0) is 10.0 Å². The Balaban J connectivity index is 1.70. The van der Waals surface area contributed by atoms with E-state index in [9.17, 15) is 13.2 Å². The molecule has 1 saturated carbocycles. The molecule has 0 radical (unpaired) electrons. The molecule has 132 valence electrons. The SMILES string of the molecule is Cc1ccncc1C(=O)N1CCC(CC2CC2)(NS(C)(=O)=O)CC1. The van der Waals surface area contributed by atoms with Crippen LogP contribution in [0.5, 0.6) is 0 Å². The van der Waals surface area contributed by atoms with Crippen molar-refractivity contribution in [2.75, 3.05) is 19.3 Å². The molecule has 3 rings (SSSR count). The maximum atomic E-state index is 12.7. The lowest BCUT2D eigenvalue weighted by molar-refractivity contribution is 0.0648. The average molecular weight is 351 g/mol. The van der Waals surface area contributed by atoms with Crippen molar-refractivity contribution in [2.24, 2.45) is 5.92 Å². The number of rotatable bonds is 5. The minimum absolute atomic E-state index is 0.0139. The van der Waals surface area contributed by atoms with Gasteiger partial charge < -0.3 is 4.90 Å². The molecule has 2 fully saturated rings. The summed E-state index contributed by atoms with van der Waals surface area (Å²) in [7, 11) is -3.26. The molecular formula is C17H25N3O3S. The first-order valence-electron chi connectivity index (χ1n) is 8.47. The molecule has 24 heavy (non-hydrogen) atoms. The van der Waals surface area contributed by atoms with Gasteiger partial charge >= 0.3 is 0 Å². The van der Waals surface area contributed by atoms with E-state index in [-0.39, 0.29) is 5.91 Å². The highest BCUT2D eigenvalue weighted by Crippen LogP contribution is 2.41. The standard InChI is InChI=1S/C17H25N3O3S/c1-13-5-8-18-12-15(13)16(21)20-9-6-17(7-10-20,11-14-3-4-14)19-24(2,22)23/h5,8,12,14,19H,3-4,6-7,9-11H2,1-2H3. The number of hydrogen-bond acceptors (Lipinski definition) is 4. The quantitative estimate of drug-likeness (QED) is 0.876. The van der Waals surface area contributed by atoms with Crippen molar-refractivity contribution in [3.8, 4) is 0 Å². The Kier molecular flexibility index (Phi) is 4.66. The van der Waals surface area contributed by atoms with Crippen molar-refractivity contribution in [3.63, 3.8) is 0 Å². The summed E-state index contributed by atoms with van der Waals surface area (Å²) in [5.74, 6) is 0.613. The lowest BCUT2D eigenvalue weighted by Crippen LogP contribution is -2.56. The fourth-order valence-electron chi connectivity index (χ4n) is 3.61. The van der Waals surface area contributed by atoms with E-state index < -0.39 is 15.6 Å². The number of aromatic nitrogens is 1. The van der Waals surface area contributed by atoms with Gasteiger partial charge in [-0.05, 0) is 43.7 Å². The number of nitrogens with zero attached hydrogens (tertiary/aromatic N) is 2. The Labute approximate surface area is 143 Å². The first-order valence-corrected chi connectivity index (χ1v) is 10.4. The third-order valence-electron chi connectivity index (χ3n) is 5.06. The zero-order valence-electron chi connectivity index (χ0n) is 14.3. The molecule has 0 aromatic carbocycles. The molecular weight excluding hydrogens is 326 g/mol. The van der Waals surface area contributed by atoms with Crippen LogP contribution in [0.3, 0.4) is 0 Å². The number of hydrogen-bond donors (Lipinski definition) is 1. The molecule has 2 heterocycles. The highest BCUT2D eigenvalue weighted by atomic mass is 32.2. The third kappa shape index (κ3) is 4.13. The van der Waals surface area contributed by atoms with E-state index in [2.05, 4.69) is 9.71 Å². The Morgan fingerprint density at radius 1 is 1.38 bits per heavy atom. The van der Waals surface area contributed by atoms with Crippen LogP contribution in [0.1, 0.15) is 48.0 Å². The molecule has 7 heteroatoms. The van der Waals surface area contributed by atoms with Gasteiger partial charge in [-0.2, -0.15) is 0 Å². The summed E-state index contributed by atoms with van der Waals surface area (Å²) >= 11 is 0. The largest absolute Gasteiger partial charge is 0.338 e. The zero-order chi connectivity index (χ0) is 17.4. The molecule has 1 aliphatic carbocycles. The summed E-state index contributed by atoms with van der Waals surface area (Å²) in [6, 6.07) is 1.83. The van der Waals surface area contributed by atoms with Gasteiger partial charge in [-0.25, -0.2) is 13.1 Å². The summed E-state index contributed by atoms with van der Waals surface area (Å²) in [6.45, 7) is 3.05. The number of aryl methyl sites for hydroxylation is 1. The summed E-state index contributed by atoms with van der Waals surface area (Å²) in [4.78, 5) is 18.6. The van der Waals surface area contributed by atoms with Gasteiger partial charge in [0.05, 0.1) is 11.8 Å². The average Bonchev–Trinajstić information content (AvgIpc) is 3.30. The molecule has 2 aliphatic rings. The third-order valence-corrected chi connectivity index (χ3v) is 5.86. The predicted octanol–water partition coefficient (Wildman–Crippen LogP) is 1.71. The van der Waals surface area contributed by atoms with Crippen molar-refractivity contribution >= 4 is 15.9 Å². The van der Waals surface area contributed by atoms with Crippen LogP contribution in [0.15, 0.2) is 18.5 Å². The van der Waals surface area contributed by atoms with Gasteiger partial charge in [0.1, 0.15) is 0 Å². The number of likely N-dealkylation sites (tertiary alicyclic amines) is 1. The highest BCUT2D eigenvalue weighted by molar-refractivity contribution is 7.88. The summed E-state index contributed by atoms with van der Waals surface area (Å²) in [5.41, 5.74) is 1.15. The van der Waals surface area contributed by atoms with Gasteiger partial charge in [-0.1, -0.05) is 12.8 Å². The molecule has 1 saturated heterocycles. The highest BCUT2D eigenvalue weighted by Gasteiger charge is 2.42. The van der Waals surface area contributed by atoms with E-state index in [4.69, 9.17) is 0 Å². The Hall–Kier alpha value is -1.47. The maximum absolute atomic E-state index is 12.7. The Bertz CT molecular complexity index is 720. The van der Waals surface area contributed by atoms with Crippen molar-refractivity contribution in [2.45, 2.75) is 44.6 Å². The van der Waals surface area contributed by atoms with Crippen molar-refractivity contribution < 1.29 is 13.2 Å². The van der Waals surface area contributed by atoms with Crippen molar-refractivity contribution in [1.29, 1.82) is 0 Å². The van der Waals surface area contributed by atoms with Crippen LogP contribution in [0.4, 0.5) is 0 Å². The molecule has 6 nitrogen and oxygen atoms in total. The van der Waals surface area contributed by atoms with E-state index in [0.717, 1.165) is 12.0 Å². The monoisotopic (exact) mass is 351 g/mol. The molecule has 1 N–H and O–H groups in total. The number of piperidine rings is 1. The molecule has 0 spiro atoms. The fraction of sp³-hybridized carbons (Fsp3) is 0.647. The summed E-state index contributed by atoms with van der Waals surface area (Å²) in [6.07, 6.45) is 9.10. The van der Waals surface area contributed by atoms with Crippen LogP contribution in [-0.4, -0.2) is 49.1 Å². The van der Waals surface area contributed by atoms with Crippen LogP contribution >= 0.6 is 0 Å². The lowest BCUT2D eigenvalue weighted by atomic mass is 9.83. The number of carbonyl (C=O) groups excluding carboxylic acids is 1.